The highest BCUT2D eigenvalue weighted by atomic mass is 19.4. The Hall–Kier alpha value is -2.21. The van der Waals surface area contributed by atoms with Gasteiger partial charge in [-0.15, -0.1) is 0 Å². The van der Waals surface area contributed by atoms with Crippen LogP contribution in [0.3, 0.4) is 0 Å². The van der Waals surface area contributed by atoms with Crippen molar-refractivity contribution in [3.8, 4) is 11.1 Å². The molecule has 1 aromatic heterocycles. The van der Waals surface area contributed by atoms with Crippen LogP contribution in [0.15, 0.2) is 48.9 Å². The number of nitrogens with zero attached hydrogens (tertiary/aromatic N) is 3. The van der Waals surface area contributed by atoms with Gasteiger partial charge in [0.2, 0.25) is 0 Å². The summed E-state index contributed by atoms with van der Waals surface area (Å²) in [4.78, 5) is 11.1. The second-order valence-electron chi connectivity index (χ2n) is 8.13. The van der Waals surface area contributed by atoms with Crippen LogP contribution in [0.2, 0.25) is 0 Å². The number of rotatable bonds is 4. The third kappa shape index (κ3) is 4.86. The van der Waals surface area contributed by atoms with Crippen LogP contribution in [0.25, 0.3) is 11.1 Å². The van der Waals surface area contributed by atoms with Gasteiger partial charge in [-0.2, -0.15) is 13.2 Å². The van der Waals surface area contributed by atoms with Crippen molar-refractivity contribution in [1.82, 2.24) is 14.9 Å². The molecule has 0 bridgehead atoms. The largest absolute Gasteiger partial charge is 0.416 e. The SMILES string of the molecule is FC(F)(F)c1cccc(-c2cncnc2C2CCN(CC3CC=CCC3)CC2)c1. The number of allylic oxidation sites excluding steroid dienone is 2. The average Bonchev–Trinajstić information content (AvgIpc) is 2.75. The Morgan fingerprint density at radius 3 is 2.62 bits per heavy atom. The topological polar surface area (TPSA) is 29.0 Å². The lowest BCUT2D eigenvalue weighted by atomic mass is 9.87. The van der Waals surface area contributed by atoms with Gasteiger partial charge in [0.25, 0.3) is 0 Å². The fraction of sp³-hybridized carbons (Fsp3) is 0.478. The van der Waals surface area contributed by atoms with Crippen molar-refractivity contribution < 1.29 is 13.2 Å². The minimum atomic E-state index is -4.36. The first-order valence-electron chi connectivity index (χ1n) is 10.4. The molecule has 3 nitrogen and oxygen atoms in total. The standard InChI is InChI=1S/C23H26F3N3/c24-23(25,26)20-8-4-7-19(13-20)21-14-27-16-28-22(21)18-9-11-29(12-10-18)15-17-5-2-1-3-6-17/h1-2,4,7-8,13-14,16-18H,3,5-6,9-12,15H2. The highest BCUT2D eigenvalue weighted by molar-refractivity contribution is 5.66. The van der Waals surface area contributed by atoms with Crippen LogP contribution >= 0.6 is 0 Å². The first-order valence-corrected chi connectivity index (χ1v) is 10.4. The smallest absolute Gasteiger partial charge is 0.303 e. The maximum atomic E-state index is 13.1. The molecule has 2 aromatic rings. The predicted octanol–water partition coefficient (Wildman–Crippen LogP) is 5.70. The summed E-state index contributed by atoms with van der Waals surface area (Å²) in [7, 11) is 0. The van der Waals surface area contributed by atoms with Gasteiger partial charge in [0.1, 0.15) is 6.33 Å². The molecule has 2 heterocycles. The van der Waals surface area contributed by atoms with Crippen LogP contribution in [0.4, 0.5) is 13.2 Å². The maximum Gasteiger partial charge on any atom is 0.416 e. The van der Waals surface area contributed by atoms with Crippen molar-refractivity contribution in [2.45, 2.75) is 44.2 Å². The van der Waals surface area contributed by atoms with Gasteiger partial charge in [0.15, 0.2) is 0 Å². The molecule has 0 saturated carbocycles. The van der Waals surface area contributed by atoms with E-state index in [-0.39, 0.29) is 5.92 Å². The van der Waals surface area contributed by atoms with E-state index < -0.39 is 11.7 Å². The molecule has 1 aromatic carbocycles. The molecule has 0 amide bonds. The zero-order chi connectivity index (χ0) is 20.3. The second-order valence-corrected chi connectivity index (χ2v) is 8.13. The zero-order valence-electron chi connectivity index (χ0n) is 16.4. The van der Waals surface area contributed by atoms with E-state index in [1.54, 1.807) is 12.3 Å². The summed E-state index contributed by atoms with van der Waals surface area (Å²) in [5, 5.41) is 0. The molecule has 6 heteroatoms. The summed E-state index contributed by atoms with van der Waals surface area (Å²) < 4.78 is 39.4. The fourth-order valence-electron chi connectivity index (χ4n) is 4.53. The van der Waals surface area contributed by atoms with Gasteiger partial charge in [0.05, 0.1) is 11.3 Å². The number of halogens is 3. The van der Waals surface area contributed by atoms with Gasteiger partial charge in [-0.05, 0) is 68.8 Å². The van der Waals surface area contributed by atoms with E-state index in [1.165, 1.54) is 37.7 Å². The van der Waals surface area contributed by atoms with Crippen molar-refractivity contribution in [2.24, 2.45) is 5.92 Å². The highest BCUT2D eigenvalue weighted by Crippen LogP contribution is 2.36. The Bertz CT molecular complexity index is 854. The molecule has 1 unspecified atom stereocenters. The summed E-state index contributed by atoms with van der Waals surface area (Å²) in [5.74, 6) is 1.00. The number of likely N-dealkylation sites (tertiary alicyclic amines) is 1. The van der Waals surface area contributed by atoms with Gasteiger partial charge < -0.3 is 4.90 Å². The Kier molecular flexibility index (Phi) is 5.99. The number of hydrogen-bond acceptors (Lipinski definition) is 3. The van der Waals surface area contributed by atoms with Crippen molar-refractivity contribution in [3.63, 3.8) is 0 Å². The van der Waals surface area contributed by atoms with E-state index in [2.05, 4.69) is 27.0 Å². The predicted molar refractivity (Wildman–Crippen MR) is 107 cm³/mol. The van der Waals surface area contributed by atoms with Crippen molar-refractivity contribution in [2.75, 3.05) is 19.6 Å². The van der Waals surface area contributed by atoms with Gasteiger partial charge in [-0.1, -0.05) is 24.3 Å². The lowest BCUT2D eigenvalue weighted by Crippen LogP contribution is -2.37. The summed E-state index contributed by atoms with van der Waals surface area (Å²) in [6, 6.07) is 5.47. The van der Waals surface area contributed by atoms with Crippen LogP contribution in [0.1, 0.15) is 49.3 Å². The van der Waals surface area contributed by atoms with Crippen molar-refractivity contribution in [1.29, 1.82) is 0 Å². The molecule has 1 saturated heterocycles. The molecule has 2 aliphatic rings. The molecule has 1 aliphatic carbocycles. The molecule has 1 atom stereocenters. The molecule has 0 N–H and O–H groups in total. The molecule has 1 fully saturated rings. The lowest BCUT2D eigenvalue weighted by molar-refractivity contribution is -0.137. The molecule has 29 heavy (non-hydrogen) atoms. The third-order valence-corrected chi connectivity index (χ3v) is 6.11. The third-order valence-electron chi connectivity index (χ3n) is 6.11. The van der Waals surface area contributed by atoms with E-state index >= 15 is 0 Å². The first-order chi connectivity index (χ1) is 14.0. The van der Waals surface area contributed by atoms with Crippen LogP contribution in [-0.4, -0.2) is 34.5 Å². The molecule has 0 spiro atoms. The van der Waals surface area contributed by atoms with E-state index in [0.717, 1.165) is 55.7 Å². The Morgan fingerprint density at radius 1 is 1.07 bits per heavy atom. The van der Waals surface area contributed by atoms with Gasteiger partial charge >= 0.3 is 6.18 Å². The Labute approximate surface area is 169 Å². The molecular formula is C23H26F3N3. The van der Waals surface area contributed by atoms with E-state index in [9.17, 15) is 13.2 Å². The van der Waals surface area contributed by atoms with Crippen LogP contribution < -0.4 is 0 Å². The Balaban J connectivity index is 1.47. The van der Waals surface area contributed by atoms with Crippen molar-refractivity contribution >= 4 is 0 Å². The molecule has 1 aliphatic heterocycles. The fourth-order valence-corrected chi connectivity index (χ4v) is 4.53. The number of aromatic nitrogens is 2. The van der Waals surface area contributed by atoms with Crippen LogP contribution in [0.5, 0.6) is 0 Å². The molecule has 154 valence electrons. The van der Waals surface area contributed by atoms with Crippen LogP contribution in [-0.2, 0) is 6.18 Å². The van der Waals surface area contributed by atoms with Crippen LogP contribution in [0, 0.1) is 5.92 Å². The Morgan fingerprint density at radius 2 is 1.90 bits per heavy atom. The minimum absolute atomic E-state index is 0.255. The number of piperidine rings is 1. The molecule has 4 rings (SSSR count). The summed E-state index contributed by atoms with van der Waals surface area (Å²) in [5.41, 5.74) is 1.49. The van der Waals surface area contributed by atoms with E-state index in [1.807, 2.05) is 0 Å². The highest BCUT2D eigenvalue weighted by Gasteiger charge is 2.31. The average molecular weight is 401 g/mol. The number of alkyl halides is 3. The summed E-state index contributed by atoms with van der Waals surface area (Å²) in [6.45, 7) is 3.16. The normalized spacial score (nSPS) is 21.4. The van der Waals surface area contributed by atoms with E-state index in [4.69, 9.17) is 0 Å². The molecule has 0 radical (unpaired) electrons. The van der Waals surface area contributed by atoms with Gasteiger partial charge in [-0.3, -0.25) is 0 Å². The molecular weight excluding hydrogens is 375 g/mol. The zero-order valence-corrected chi connectivity index (χ0v) is 16.4. The van der Waals surface area contributed by atoms with Gasteiger partial charge in [0, 0.05) is 24.2 Å². The lowest BCUT2D eigenvalue weighted by Gasteiger charge is -2.35. The summed E-state index contributed by atoms with van der Waals surface area (Å²) >= 11 is 0. The maximum absolute atomic E-state index is 13.1. The van der Waals surface area contributed by atoms with E-state index in [0.29, 0.717) is 5.56 Å². The van der Waals surface area contributed by atoms with Gasteiger partial charge in [-0.25, -0.2) is 9.97 Å². The first kappa shape index (κ1) is 20.1. The van der Waals surface area contributed by atoms with Crippen molar-refractivity contribution in [3.05, 3.63) is 60.2 Å². The quantitative estimate of drug-likeness (QED) is 0.616. The monoisotopic (exact) mass is 401 g/mol. The number of benzene rings is 1. The number of hydrogen-bond donors (Lipinski definition) is 0. The minimum Gasteiger partial charge on any atom is -0.303 e. The summed E-state index contributed by atoms with van der Waals surface area (Å²) in [6.07, 6.45) is 8.94. The second kappa shape index (κ2) is 8.66.